The first-order valence-electron chi connectivity index (χ1n) is 8.88. The second-order valence-electron chi connectivity index (χ2n) is 6.20. The Hall–Kier alpha value is -3.29. The number of para-hydroxylation sites is 2. The molecule has 142 valence electrons. The van der Waals surface area contributed by atoms with E-state index in [2.05, 4.69) is 25.5 Å². The molecule has 8 heteroatoms. The van der Waals surface area contributed by atoms with E-state index in [4.69, 9.17) is 4.42 Å². The van der Waals surface area contributed by atoms with Gasteiger partial charge in [0, 0.05) is 13.1 Å². The molecular formula is C19H23N5O3. The fraction of sp³-hybridized carbons (Fsp3) is 0.316. The molecule has 8 nitrogen and oxygen atoms in total. The lowest BCUT2D eigenvalue weighted by atomic mass is 10.3. The Morgan fingerprint density at radius 2 is 2.04 bits per heavy atom. The van der Waals surface area contributed by atoms with E-state index in [0.717, 1.165) is 24.0 Å². The normalized spacial score (nSPS) is 11.9. The zero-order valence-electron chi connectivity index (χ0n) is 15.1. The van der Waals surface area contributed by atoms with Gasteiger partial charge in [-0.3, -0.25) is 4.79 Å². The quantitative estimate of drug-likeness (QED) is 0.529. The standard InChI is InChI=1S/C19H23N5O3/c1-14(18(25)21-12-15-6-4-11-27-15)23-19(26)20-9-5-10-24-13-22-16-7-2-3-8-17(16)24/h2-4,6-8,11,13-14H,5,9-10,12H2,1H3,(H,21,25)(H2,20,23,26). The van der Waals surface area contributed by atoms with Gasteiger partial charge in [-0.1, -0.05) is 12.1 Å². The molecular weight excluding hydrogens is 346 g/mol. The SMILES string of the molecule is CC(NC(=O)NCCCn1cnc2ccccc21)C(=O)NCc1ccco1. The van der Waals surface area contributed by atoms with Crippen molar-refractivity contribution in [2.75, 3.05) is 6.54 Å². The van der Waals surface area contributed by atoms with Gasteiger partial charge in [0.05, 0.1) is 30.2 Å². The summed E-state index contributed by atoms with van der Waals surface area (Å²) in [6.45, 7) is 3.17. The number of benzene rings is 1. The third-order valence-electron chi connectivity index (χ3n) is 4.15. The van der Waals surface area contributed by atoms with E-state index in [-0.39, 0.29) is 11.9 Å². The van der Waals surface area contributed by atoms with Crippen LogP contribution in [0.2, 0.25) is 0 Å². The molecule has 2 heterocycles. The van der Waals surface area contributed by atoms with Crippen LogP contribution in [0.15, 0.2) is 53.4 Å². The number of imidazole rings is 1. The number of nitrogens with one attached hydrogen (secondary N) is 3. The van der Waals surface area contributed by atoms with E-state index in [0.29, 0.717) is 18.8 Å². The number of carbonyl (C=O) groups is 2. The topological polar surface area (TPSA) is 101 Å². The summed E-state index contributed by atoms with van der Waals surface area (Å²) in [5.41, 5.74) is 2.03. The number of hydrogen-bond acceptors (Lipinski definition) is 4. The van der Waals surface area contributed by atoms with Crippen molar-refractivity contribution in [2.45, 2.75) is 32.5 Å². The maximum atomic E-state index is 12.0. The molecule has 0 saturated heterocycles. The van der Waals surface area contributed by atoms with E-state index in [1.807, 2.05) is 24.3 Å². The lowest BCUT2D eigenvalue weighted by molar-refractivity contribution is -0.122. The third kappa shape index (κ3) is 5.10. The molecule has 0 fully saturated rings. The Kier molecular flexibility index (Phi) is 6.09. The van der Waals surface area contributed by atoms with Crippen molar-refractivity contribution < 1.29 is 14.0 Å². The largest absolute Gasteiger partial charge is 0.467 e. The Bertz CT molecular complexity index is 888. The van der Waals surface area contributed by atoms with Gasteiger partial charge >= 0.3 is 6.03 Å². The minimum absolute atomic E-state index is 0.272. The molecule has 1 aromatic carbocycles. The van der Waals surface area contributed by atoms with Crippen molar-refractivity contribution in [3.63, 3.8) is 0 Å². The minimum Gasteiger partial charge on any atom is -0.467 e. The Morgan fingerprint density at radius 3 is 2.85 bits per heavy atom. The molecule has 3 rings (SSSR count). The molecule has 0 aliphatic rings. The lowest BCUT2D eigenvalue weighted by Gasteiger charge is -2.14. The number of urea groups is 1. The Morgan fingerprint density at radius 1 is 1.19 bits per heavy atom. The highest BCUT2D eigenvalue weighted by molar-refractivity contribution is 5.86. The second kappa shape index (κ2) is 8.88. The van der Waals surface area contributed by atoms with Crippen molar-refractivity contribution in [1.29, 1.82) is 0 Å². The number of aromatic nitrogens is 2. The van der Waals surface area contributed by atoms with Crippen LogP contribution in [0.25, 0.3) is 11.0 Å². The summed E-state index contributed by atoms with van der Waals surface area (Å²) in [5.74, 6) is 0.387. The van der Waals surface area contributed by atoms with E-state index in [9.17, 15) is 9.59 Å². The van der Waals surface area contributed by atoms with Gasteiger partial charge in [-0.25, -0.2) is 9.78 Å². The van der Waals surface area contributed by atoms with Crippen molar-refractivity contribution >= 4 is 23.0 Å². The molecule has 0 spiro atoms. The highest BCUT2D eigenvalue weighted by Crippen LogP contribution is 2.11. The molecule has 1 atom stereocenters. The second-order valence-corrected chi connectivity index (χ2v) is 6.20. The van der Waals surface area contributed by atoms with Crippen molar-refractivity contribution in [3.05, 3.63) is 54.7 Å². The fourth-order valence-electron chi connectivity index (χ4n) is 2.69. The monoisotopic (exact) mass is 369 g/mol. The van der Waals surface area contributed by atoms with Gasteiger partial charge in [0.2, 0.25) is 5.91 Å². The molecule has 3 aromatic rings. The van der Waals surface area contributed by atoms with Crippen LogP contribution in [0.4, 0.5) is 4.79 Å². The van der Waals surface area contributed by atoms with Crippen molar-refractivity contribution in [1.82, 2.24) is 25.5 Å². The minimum atomic E-state index is -0.641. The predicted octanol–water partition coefficient (Wildman–Crippen LogP) is 2.02. The van der Waals surface area contributed by atoms with E-state index >= 15 is 0 Å². The molecule has 0 aliphatic heterocycles. The van der Waals surface area contributed by atoms with E-state index < -0.39 is 6.04 Å². The summed E-state index contributed by atoms with van der Waals surface area (Å²) >= 11 is 0. The Balaban J connectivity index is 1.34. The van der Waals surface area contributed by atoms with Gasteiger partial charge in [0.25, 0.3) is 0 Å². The van der Waals surface area contributed by atoms with Gasteiger partial charge < -0.3 is 24.9 Å². The molecule has 3 amide bonds. The number of carbonyl (C=O) groups excluding carboxylic acids is 2. The van der Waals surface area contributed by atoms with Crippen LogP contribution in [0.5, 0.6) is 0 Å². The summed E-state index contributed by atoms with van der Waals surface area (Å²) < 4.78 is 7.20. The lowest BCUT2D eigenvalue weighted by Crippen LogP contribution is -2.48. The number of furan rings is 1. The maximum absolute atomic E-state index is 12.0. The number of hydrogen-bond donors (Lipinski definition) is 3. The molecule has 1 unspecified atom stereocenters. The molecule has 0 aliphatic carbocycles. The summed E-state index contributed by atoms with van der Waals surface area (Å²) in [7, 11) is 0. The van der Waals surface area contributed by atoms with Gasteiger partial charge in [-0.05, 0) is 37.6 Å². The highest BCUT2D eigenvalue weighted by atomic mass is 16.3. The first-order chi connectivity index (χ1) is 13.1. The molecule has 3 N–H and O–H groups in total. The van der Waals surface area contributed by atoms with Gasteiger partial charge in [-0.15, -0.1) is 0 Å². The maximum Gasteiger partial charge on any atom is 0.315 e. The van der Waals surface area contributed by atoms with Crippen LogP contribution in [0.1, 0.15) is 19.1 Å². The number of fused-ring (bicyclic) bond motifs is 1. The number of nitrogens with zero attached hydrogens (tertiary/aromatic N) is 2. The average molecular weight is 369 g/mol. The zero-order valence-corrected chi connectivity index (χ0v) is 15.1. The summed E-state index contributed by atoms with van der Waals surface area (Å²) in [4.78, 5) is 28.2. The number of amides is 3. The summed E-state index contributed by atoms with van der Waals surface area (Å²) in [5, 5.41) is 8.10. The van der Waals surface area contributed by atoms with Crippen LogP contribution in [0.3, 0.4) is 0 Å². The first kappa shape index (κ1) is 18.5. The predicted molar refractivity (Wildman–Crippen MR) is 101 cm³/mol. The first-order valence-corrected chi connectivity index (χ1v) is 8.88. The number of aryl methyl sites for hydroxylation is 1. The summed E-state index contributed by atoms with van der Waals surface area (Å²) in [6.07, 6.45) is 4.10. The summed E-state index contributed by atoms with van der Waals surface area (Å²) in [6, 6.07) is 10.4. The van der Waals surface area contributed by atoms with Crippen LogP contribution in [-0.2, 0) is 17.9 Å². The van der Waals surface area contributed by atoms with Crippen LogP contribution in [-0.4, -0.2) is 34.1 Å². The molecule has 2 aromatic heterocycles. The Labute approximate surface area is 156 Å². The third-order valence-corrected chi connectivity index (χ3v) is 4.15. The van der Waals surface area contributed by atoms with E-state index in [1.54, 1.807) is 31.6 Å². The van der Waals surface area contributed by atoms with Crippen LogP contribution >= 0.6 is 0 Å². The van der Waals surface area contributed by atoms with Gasteiger partial charge in [0.1, 0.15) is 11.8 Å². The highest BCUT2D eigenvalue weighted by Gasteiger charge is 2.15. The van der Waals surface area contributed by atoms with Crippen molar-refractivity contribution in [2.24, 2.45) is 0 Å². The van der Waals surface area contributed by atoms with Gasteiger partial charge in [0.15, 0.2) is 0 Å². The smallest absolute Gasteiger partial charge is 0.315 e. The van der Waals surface area contributed by atoms with Crippen LogP contribution in [0, 0.1) is 0 Å². The fourth-order valence-corrected chi connectivity index (χ4v) is 2.69. The molecule has 0 radical (unpaired) electrons. The zero-order chi connectivity index (χ0) is 19.1. The molecule has 27 heavy (non-hydrogen) atoms. The van der Waals surface area contributed by atoms with Gasteiger partial charge in [-0.2, -0.15) is 0 Å². The van der Waals surface area contributed by atoms with Crippen LogP contribution < -0.4 is 16.0 Å². The average Bonchev–Trinajstić information content (AvgIpc) is 3.33. The molecule has 0 bridgehead atoms. The molecule has 0 saturated carbocycles. The number of rotatable bonds is 8. The van der Waals surface area contributed by atoms with E-state index in [1.165, 1.54) is 0 Å². The van der Waals surface area contributed by atoms with Crippen molar-refractivity contribution in [3.8, 4) is 0 Å².